The van der Waals surface area contributed by atoms with Gasteiger partial charge in [0.2, 0.25) is 5.91 Å². The summed E-state index contributed by atoms with van der Waals surface area (Å²) in [5.74, 6) is 1.34. The number of benzene rings is 2. The highest BCUT2D eigenvalue weighted by atomic mass is 16.5. The van der Waals surface area contributed by atoms with Crippen LogP contribution in [-0.4, -0.2) is 25.4 Å². The maximum absolute atomic E-state index is 12.2. The zero-order valence-electron chi connectivity index (χ0n) is 14.2. The van der Waals surface area contributed by atoms with Gasteiger partial charge in [0, 0.05) is 30.4 Å². The number of carbonyl (C=O) groups is 2. The van der Waals surface area contributed by atoms with Crippen molar-refractivity contribution in [1.29, 1.82) is 0 Å². The lowest BCUT2D eigenvalue weighted by atomic mass is 10.00. The average molecular weight is 339 g/mol. The zero-order valence-corrected chi connectivity index (χ0v) is 14.2. The summed E-state index contributed by atoms with van der Waals surface area (Å²) in [4.78, 5) is 24.4. The fraction of sp³-hybridized carbons (Fsp3) is 0.300. The zero-order chi connectivity index (χ0) is 17.6. The van der Waals surface area contributed by atoms with Crippen molar-refractivity contribution in [3.05, 3.63) is 59.7 Å². The third kappa shape index (κ3) is 4.18. The Morgan fingerprint density at radius 1 is 1.12 bits per heavy atom. The van der Waals surface area contributed by atoms with Gasteiger partial charge in [0.05, 0.1) is 19.8 Å². The summed E-state index contributed by atoms with van der Waals surface area (Å²) in [5.41, 5.74) is 1.58. The van der Waals surface area contributed by atoms with Crippen LogP contribution in [0.15, 0.2) is 48.5 Å². The number of rotatable bonds is 6. The highest BCUT2D eigenvalue weighted by molar-refractivity contribution is 5.98. The second-order valence-electron chi connectivity index (χ2n) is 5.95. The van der Waals surface area contributed by atoms with Gasteiger partial charge in [0.25, 0.3) is 0 Å². The van der Waals surface area contributed by atoms with Crippen LogP contribution in [0.3, 0.4) is 0 Å². The monoisotopic (exact) mass is 339 g/mol. The minimum atomic E-state index is -0.122. The van der Waals surface area contributed by atoms with Gasteiger partial charge in [-0.15, -0.1) is 0 Å². The van der Waals surface area contributed by atoms with Crippen LogP contribution in [0.5, 0.6) is 11.5 Å². The number of methoxy groups -OCH3 is 1. The summed E-state index contributed by atoms with van der Waals surface area (Å²) in [7, 11) is 1.58. The third-order valence-corrected chi connectivity index (χ3v) is 4.28. The molecule has 0 bridgehead atoms. The summed E-state index contributed by atoms with van der Waals surface area (Å²) in [5, 5.41) is 3.01. The van der Waals surface area contributed by atoms with E-state index in [0.717, 1.165) is 17.7 Å². The molecule has 5 heteroatoms. The van der Waals surface area contributed by atoms with Crippen molar-refractivity contribution >= 4 is 11.7 Å². The minimum Gasteiger partial charge on any atom is -0.497 e. The van der Waals surface area contributed by atoms with Crippen LogP contribution in [0.25, 0.3) is 0 Å². The van der Waals surface area contributed by atoms with Gasteiger partial charge < -0.3 is 14.8 Å². The third-order valence-electron chi connectivity index (χ3n) is 4.28. The molecule has 1 N–H and O–H groups in total. The van der Waals surface area contributed by atoms with Gasteiger partial charge in [0.15, 0.2) is 5.78 Å². The van der Waals surface area contributed by atoms with E-state index in [4.69, 9.17) is 9.47 Å². The lowest BCUT2D eigenvalue weighted by Gasteiger charge is -2.26. The van der Waals surface area contributed by atoms with Crippen molar-refractivity contribution in [2.45, 2.75) is 25.3 Å². The number of hydrogen-bond donors (Lipinski definition) is 1. The fourth-order valence-electron chi connectivity index (χ4n) is 2.91. The smallest absolute Gasteiger partial charge is 0.220 e. The summed E-state index contributed by atoms with van der Waals surface area (Å²) in [6.45, 7) is 0.576. The molecule has 2 aromatic carbocycles. The molecule has 0 aliphatic carbocycles. The van der Waals surface area contributed by atoms with Gasteiger partial charge >= 0.3 is 0 Å². The normalized spacial score (nSPS) is 15.6. The van der Waals surface area contributed by atoms with E-state index in [-0.39, 0.29) is 30.6 Å². The van der Waals surface area contributed by atoms with E-state index in [0.29, 0.717) is 17.9 Å². The van der Waals surface area contributed by atoms with Crippen molar-refractivity contribution in [2.24, 2.45) is 0 Å². The number of ether oxygens (including phenoxy) is 2. The molecule has 25 heavy (non-hydrogen) atoms. The molecule has 1 unspecified atom stereocenters. The Morgan fingerprint density at radius 2 is 1.88 bits per heavy atom. The molecular weight excluding hydrogens is 318 g/mol. The molecule has 5 nitrogen and oxygen atoms in total. The van der Waals surface area contributed by atoms with Gasteiger partial charge in [-0.3, -0.25) is 9.59 Å². The number of Topliss-reactive ketones (excluding diaryl/α,β-unsaturated/α-hetero) is 1. The Kier molecular flexibility index (Phi) is 5.33. The number of carbonyl (C=O) groups excluding carboxylic acids is 2. The molecule has 3 rings (SSSR count). The molecule has 0 fully saturated rings. The minimum absolute atomic E-state index is 0.0508. The first-order valence-electron chi connectivity index (χ1n) is 8.35. The second-order valence-corrected chi connectivity index (χ2v) is 5.95. The summed E-state index contributed by atoms with van der Waals surface area (Å²) in [6, 6.07) is 14.6. The van der Waals surface area contributed by atoms with E-state index in [2.05, 4.69) is 5.32 Å². The summed E-state index contributed by atoms with van der Waals surface area (Å²) in [6.07, 6.45) is 1.09. The van der Waals surface area contributed by atoms with E-state index < -0.39 is 0 Å². The van der Waals surface area contributed by atoms with Gasteiger partial charge in [-0.25, -0.2) is 0 Å². The van der Waals surface area contributed by atoms with E-state index in [9.17, 15) is 9.59 Å². The number of amides is 1. The van der Waals surface area contributed by atoms with Crippen LogP contribution in [0, 0.1) is 0 Å². The van der Waals surface area contributed by atoms with Gasteiger partial charge in [-0.1, -0.05) is 18.2 Å². The molecule has 0 saturated heterocycles. The lowest BCUT2D eigenvalue weighted by molar-refractivity contribution is -0.122. The fourth-order valence-corrected chi connectivity index (χ4v) is 2.91. The Labute approximate surface area is 147 Å². The summed E-state index contributed by atoms with van der Waals surface area (Å²) < 4.78 is 10.7. The van der Waals surface area contributed by atoms with E-state index in [1.54, 1.807) is 31.4 Å². The largest absolute Gasteiger partial charge is 0.497 e. The van der Waals surface area contributed by atoms with Gasteiger partial charge in [-0.2, -0.15) is 0 Å². The number of para-hydroxylation sites is 1. The first-order valence-corrected chi connectivity index (χ1v) is 8.35. The van der Waals surface area contributed by atoms with Gasteiger partial charge in [0.1, 0.15) is 11.5 Å². The van der Waals surface area contributed by atoms with Crippen LogP contribution in [0.4, 0.5) is 0 Å². The molecule has 1 heterocycles. The van der Waals surface area contributed by atoms with Crippen molar-refractivity contribution in [3.63, 3.8) is 0 Å². The lowest BCUT2D eigenvalue weighted by Crippen LogP contribution is -2.32. The quantitative estimate of drug-likeness (QED) is 0.820. The molecule has 1 amide bonds. The number of ketones is 1. The van der Waals surface area contributed by atoms with Crippen molar-refractivity contribution in [3.8, 4) is 11.5 Å². The van der Waals surface area contributed by atoms with E-state index in [1.165, 1.54) is 0 Å². The number of hydrogen-bond acceptors (Lipinski definition) is 4. The van der Waals surface area contributed by atoms with Crippen LogP contribution in [0.1, 0.15) is 41.2 Å². The predicted octanol–water partition coefficient (Wildman–Crippen LogP) is 3.30. The van der Waals surface area contributed by atoms with Gasteiger partial charge in [-0.05, 0) is 30.3 Å². The standard InChI is InChI=1S/C20H21NO4/c1-24-15-8-6-14(7-9-15)18(22)10-11-20(23)21-17-12-13-25-19-5-3-2-4-16(17)19/h2-9,17H,10-13H2,1H3,(H,21,23). The molecule has 0 saturated carbocycles. The maximum atomic E-state index is 12.2. The molecule has 2 aromatic rings. The van der Waals surface area contributed by atoms with Crippen molar-refractivity contribution in [2.75, 3.05) is 13.7 Å². The maximum Gasteiger partial charge on any atom is 0.220 e. The molecule has 0 spiro atoms. The highest BCUT2D eigenvalue weighted by Gasteiger charge is 2.22. The Balaban J connectivity index is 1.54. The molecular formula is C20H21NO4. The topological polar surface area (TPSA) is 64.6 Å². The Hall–Kier alpha value is -2.82. The average Bonchev–Trinajstić information content (AvgIpc) is 2.66. The Bertz CT molecular complexity index is 755. The molecule has 130 valence electrons. The summed E-state index contributed by atoms with van der Waals surface area (Å²) >= 11 is 0. The SMILES string of the molecule is COc1ccc(C(=O)CCC(=O)NC2CCOc3ccccc32)cc1. The highest BCUT2D eigenvalue weighted by Crippen LogP contribution is 2.31. The van der Waals surface area contributed by atoms with E-state index in [1.807, 2.05) is 24.3 Å². The number of fused-ring (bicyclic) bond motifs is 1. The van der Waals surface area contributed by atoms with Crippen molar-refractivity contribution in [1.82, 2.24) is 5.32 Å². The second kappa shape index (κ2) is 7.83. The molecule has 1 aliphatic heterocycles. The van der Waals surface area contributed by atoms with Crippen LogP contribution >= 0.6 is 0 Å². The van der Waals surface area contributed by atoms with Crippen LogP contribution in [0.2, 0.25) is 0 Å². The molecule has 1 aliphatic rings. The van der Waals surface area contributed by atoms with Crippen molar-refractivity contribution < 1.29 is 19.1 Å². The molecule has 0 aromatic heterocycles. The van der Waals surface area contributed by atoms with E-state index >= 15 is 0 Å². The Morgan fingerprint density at radius 3 is 2.64 bits per heavy atom. The first kappa shape index (κ1) is 17.0. The predicted molar refractivity (Wildman–Crippen MR) is 94.0 cm³/mol. The van der Waals surface area contributed by atoms with Crippen LogP contribution in [-0.2, 0) is 4.79 Å². The number of nitrogens with one attached hydrogen (secondary N) is 1. The van der Waals surface area contributed by atoms with Crippen LogP contribution < -0.4 is 14.8 Å². The molecule has 0 radical (unpaired) electrons. The first-order chi connectivity index (χ1) is 12.2. The molecule has 1 atom stereocenters.